The van der Waals surface area contributed by atoms with E-state index in [0.29, 0.717) is 16.8 Å². The Morgan fingerprint density at radius 2 is 1.64 bits per heavy atom. The molecule has 0 atom stereocenters. The molecule has 0 radical (unpaired) electrons. The topological polar surface area (TPSA) is 46.2 Å². The van der Waals surface area contributed by atoms with Gasteiger partial charge in [0.1, 0.15) is 5.82 Å². The monoisotopic (exact) mass is 351 g/mol. The highest BCUT2D eigenvalue weighted by Gasteiger charge is 2.30. The fourth-order valence-corrected chi connectivity index (χ4v) is 3.21. The quantitative estimate of drug-likeness (QED) is 0.556. The lowest BCUT2D eigenvalue weighted by molar-refractivity contribution is 0.0999. The van der Waals surface area contributed by atoms with Crippen molar-refractivity contribution in [1.29, 1.82) is 0 Å². The maximum Gasteiger partial charge on any atom is 0.256 e. The van der Waals surface area contributed by atoms with E-state index in [1.54, 1.807) is 24.3 Å². The number of fused-ring (bicyclic) bond motifs is 3. The largest absolute Gasteiger partial charge is 0.322 e. The lowest BCUT2D eigenvalue weighted by Crippen LogP contribution is -2.16. The Kier molecular flexibility index (Phi) is 3.62. The minimum atomic E-state index is -0.564. The third-order valence-electron chi connectivity index (χ3n) is 4.18. The van der Waals surface area contributed by atoms with Crippen LogP contribution >= 0.6 is 11.6 Å². The summed E-state index contributed by atoms with van der Waals surface area (Å²) in [5.41, 5.74) is 3.17. The highest BCUT2D eigenvalue weighted by molar-refractivity contribution is 6.31. The summed E-state index contributed by atoms with van der Waals surface area (Å²) in [4.78, 5) is 25.4. The smallest absolute Gasteiger partial charge is 0.256 e. The summed E-state index contributed by atoms with van der Waals surface area (Å²) in [6.07, 6.45) is 0. The average molecular weight is 352 g/mol. The maximum atomic E-state index is 13.3. The average Bonchev–Trinajstić information content (AvgIpc) is 2.91. The molecule has 1 N–H and O–H groups in total. The van der Waals surface area contributed by atoms with E-state index >= 15 is 0 Å². The minimum absolute atomic E-state index is 0.0837. The first kappa shape index (κ1) is 15.5. The molecular weight excluding hydrogens is 341 g/mol. The standard InChI is InChI=1S/C20H11ClFNO2/c21-16-10-11(8-9-17(16)22)23-20(25)15-7-3-6-13-12-4-1-2-5-14(12)19(24)18(13)15/h1-10H,(H,23,25). The van der Waals surface area contributed by atoms with Gasteiger partial charge in [-0.3, -0.25) is 9.59 Å². The first-order chi connectivity index (χ1) is 12.1. The van der Waals surface area contributed by atoms with Gasteiger partial charge in [0.2, 0.25) is 0 Å². The van der Waals surface area contributed by atoms with Gasteiger partial charge < -0.3 is 5.32 Å². The molecule has 0 aromatic heterocycles. The van der Waals surface area contributed by atoms with Gasteiger partial charge in [-0.15, -0.1) is 0 Å². The molecule has 5 heteroatoms. The number of benzene rings is 3. The Morgan fingerprint density at radius 1 is 0.920 bits per heavy atom. The molecule has 0 saturated carbocycles. The maximum absolute atomic E-state index is 13.3. The van der Waals surface area contributed by atoms with Crippen molar-refractivity contribution in [2.45, 2.75) is 0 Å². The molecule has 3 nitrogen and oxygen atoms in total. The lowest BCUT2D eigenvalue weighted by atomic mass is 10.0. The van der Waals surface area contributed by atoms with Gasteiger partial charge in [-0.2, -0.15) is 0 Å². The summed E-state index contributed by atoms with van der Waals surface area (Å²) in [5, 5.41) is 2.58. The fraction of sp³-hybridized carbons (Fsp3) is 0. The normalized spacial score (nSPS) is 11.8. The van der Waals surface area contributed by atoms with Gasteiger partial charge in [0.15, 0.2) is 5.78 Å². The number of hydrogen-bond acceptors (Lipinski definition) is 2. The third-order valence-corrected chi connectivity index (χ3v) is 4.47. The van der Waals surface area contributed by atoms with Crippen LogP contribution in [0.2, 0.25) is 5.02 Å². The van der Waals surface area contributed by atoms with E-state index in [1.165, 1.54) is 18.2 Å². The van der Waals surface area contributed by atoms with Crippen molar-refractivity contribution >= 4 is 29.0 Å². The molecule has 0 spiro atoms. The Bertz CT molecular complexity index is 1050. The van der Waals surface area contributed by atoms with E-state index in [0.717, 1.165) is 11.1 Å². The van der Waals surface area contributed by atoms with Crippen molar-refractivity contribution in [3.8, 4) is 11.1 Å². The molecule has 0 heterocycles. The number of carbonyl (C=O) groups excluding carboxylic acids is 2. The second-order valence-corrected chi connectivity index (χ2v) is 6.09. The summed E-state index contributed by atoms with van der Waals surface area (Å²) in [6.45, 7) is 0. The van der Waals surface area contributed by atoms with Crippen LogP contribution in [0.5, 0.6) is 0 Å². The summed E-state index contributed by atoms with van der Waals surface area (Å²) in [7, 11) is 0. The molecule has 122 valence electrons. The van der Waals surface area contributed by atoms with Crippen molar-refractivity contribution in [1.82, 2.24) is 0 Å². The van der Waals surface area contributed by atoms with Gasteiger partial charge in [-0.25, -0.2) is 4.39 Å². The molecule has 0 unspecified atom stereocenters. The van der Waals surface area contributed by atoms with Crippen LogP contribution in [0.1, 0.15) is 26.3 Å². The molecule has 1 aliphatic rings. The van der Waals surface area contributed by atoms with Gasteiger partial charge in [-0.1, -0.05) is 48.0 Å². The van der Waals surface area contributed by atoms with E-state index in [2.05, 4.69) is 5.32 Å². The highest BCUT2D eigenvalue weighted by atomic mass is 35.5. The van der Waals surface area contributed by atoms with Crippen molar-refractivity contribution in [3.05, 3.63) is 88.2 Å². The Labute approximate surface area is 148 Å². The van der Waals surface area contributed by atoms with Gasteiger partial charge in [0.05, 0.1) is 10.6 Å². The molecule has 1 aliphatic carbocycles. The summed E-state index contributed by atoms with van der Waals surface area (Å²) in [5.74, 6) is -1.18. The first-order valence-electron chi connectivity index (χ1n) is 7.60. The Morgan fingerprint density at radius 3 is 2.40 bits per heavy atom. The number of carbonyl (C=O) groups is 2. The van der Waals surface area contributed by atoms with Gasteiger partial charge >= 0.3 is 0 Å². The van der Waals surface area contributed by atoms with Gasteiger partial charge in [0.25, 0.3) is 5.91 Å². The van der Waals surface area contributed by atoms with Crippen molar-refractivity contribution < 1.29 is 14.0 Å². The fourth-order valence-electron chi connectivity index (χ4n) is 3.03. The molecule has 25 heavy (non-hydrogen) atoms. The molecule has 4 rings (SSSR count). The van der Waals surface area contributed by atoms with Crippen molar-refractivity contribution in [2.75, 3.05) is 5.32 Å². The number of anilines is 1. The van der Waals surface area contributed by atoms with Crippen LogP contribution in [0, 0.1) is 5.82 Å². The lowest BCUT2D eigenvalue weighted by Gasteiger charge is -2.09. The Balaban J connectivity index is 1.74. The summed E-state index contributed by atoms with van der Waals surface area (Å²) in [6, 6.07) is 16.3. The second kappa shape index (κ2) is 5.83. The molecule has 1 amide bonds. The SMILES string of the molecule is O=C(Nc1ccc(F)c(Cl)c1)c1cccc2c1C(=O)c1ccccc1-2. The number of nitrogens with one attached hydrogen (secondary N) is 1. The molecule has 3 aromatic carbocycles. The minimum Gasteiger partial charge on any atom is -0.322 e. The first-order valence-corrected chi connectivity index (χ1v) is 7.97. The van der Waals surface area contributed by atoms with Crippen LogP contribution in [0.4, 0.5) is 10.1 Å². The van der Waals surface area contributed by atoms with E-state index in [1.807, 2.05) is 18.2 Å². The van der Waals surface area contributed by atoms with E-state index in [4.69, 9.17) is 11.6 Å². The predicted molar refractivity (Wildman–Crippen MR) is 94.7 cm³/mol. The van der Waals surface area contributed by atoms with E-state index < -0.39 is 11.7 Å². The zero-order valence-electron chi connectivity index (χ0n) is 12.8. The van der Waals surface area contributed by atoms with Crippen LogP contribution in [0.3, 0.4) is 0 Å². The zero-order valence-corrected chi connectivity index (χ0v) is 13.6. The van der Waals surface area contributed by atoms with E-state index in [9.17, 15) is 14.0 Å². The molecule has 0 saturated heterocycles. The third kappa shape index (κ3) is 2.51. The predicted octanol–water partition coefficient (Wildman–Crippen LogP) is 4.94. The van der Waals surface area contributed by atoms with Crippen molar-refractivity contribution in [2.24, 2.45) is 0 Å². The zero-order chi connectivity index (χ0) is 17.6. The number of halogens is 2. The van der Waals surface area contributed by atoms with Gasteiger partial charge in [0, 0.05) is 16.8 Å². The highest BCUT2D eigenvalue weighted by Crippen LogP contribution is 2.38. The second-order valence-electron chi connectivity index (χ2n) is 5.69. The molecular formula is C20H11ClFNO2. The number of amides is 1. The molecule has 0 bridgehead atoms. The number of rotatable bonds is 2. The molecule has 0 fully saturated rings. The molecule has 3 aromatic rings. The van der Waals surface area contributed by atoms with Crippen LogP contribution < -0.4 is 5.32 Å². The number of ketones is 1. The van der Waals surface area contributed by atoms with Crippen LogP contribution in [0.15, 0.2) is 60.7 Å². The van der Waals surface area contributed by atoms with E-state index in [-0.39, 0.29) is 16.4 Å². The summed E-state index contributed by atoms with van der Waals surface area (Å²) < 4.78 is 13.3. The van der Waals surface area contributed by atoms with Crippen molar-refractivity contribution in [3.63, 3.8) is 0 Å². The van der Waals surface area contributed by atoms with Crippen LogP contribution in [-0.4, -0.2) is 11.7 Å². The molecule has 0 aliphatic heterocycles. The van der Waals surface area contributed by atoms with Gasteiger partial charge in [-0.05, 0) is 35.4 Å². The Hall–Kier alpha value is -2.98. The van der Waals surface area contributed by atoms with Crippen LogP contribution in [-0.2, 0) is 0 Å². The summed E-state index contributed by atoms with van der Waals surface area (Å²) >= 11 is 5.74. The number of hydrogen-bond donors (Lipinski definition) is 1. The van der Waals surface area contributed by atoms with Crippen LogP contribution in [0.25, 0.3) is 11.1 Å².